The van der Waals surface area contributed by atoms with Gasteiger partial charge in [-0.1, -0.05) is 25.6 Å². The molecule has 1 N–H and O–H groups in total. The van der Waals surface area contributed by atoms with E-state index < -0.39 is 0 Å². The summed E-state index contributed by atoms with van der Waals surface area (Å²) in [4.78, 5) is 4.74. The molecule has 2 nitrogen and oxygen atoms in total. The summed E-state index contributed by atoms with van der Waals surface area (Å²) in [6, 6.07) is 0.575. The predicted octanol–water partition coefficient (Wildman–Crippen LogP) is 2.79. The second-order valence-electron chi connectivity index (χ2n) is 4.39. The molecule has 2 rings (SSSR count). The van der Waals surface area contributed by atoms with Crippen molar-refractivity contribution < 1.29 is 0 Å². The molecular weight excluding hydrogens is 192 g/mol. The first kappa shape index (κ1) is 10.3. The smallest absolute Gasteiger partial charge is 0.157 e. The van der Waals surface area contributed by atoms with Gasteiger partial charge >= 0.3 is 0 Å². The molecule has 0 radical (unpaired) electrons. The van der Waals surface area contributed by atoms with Gasteiger partial charge < -0.3 is 5.32 Å². The summed E-state index contributed by atoms with van der Waals surface area (Å²) in [7, 11) is 0. The Morgan fingerprint density at radius 1 is 1.50 bits per heavy atom. The van der Waals surface area contributed by atoms with Crippen LogP contribution in [0.5, 0.6) is 0 Å². The Morgan fingerprint density at radius 2 is 2.29 bits per heavy atom. The molecule has 1 saturated carbocycles. The summed E-state index contributed by atoms with van der Waals surface area (Å²) < 4.78 is 0. The third-order valence-corrected chi connectivity index (χ3v) is 4.28. The Kier molecular flexibility index (Phi) is 3.05. The monoisotopic (exact) mass is 212 g/mol. The molecule has 1 unspecified atom stereocenters. The highest BCUT2D eigenvalue weighted by molar-refractivity contribution is 8.13. The highest BCUT2D eigenvalue weighted by Crippen LogP contribution is 2.39. The van der Waals surface area contributed by atoms with Gasteiger partial charge in [-0.15, -0.1) is 0 Å². The fourth-order valence-corrected chi connectivity index (χ4v) is 2.96. The number of hydrogen-bond donors (Lipinski definition) is 1. The van der Waals surface area contributed by atoms with E-state index in [1.807, 2.05) is 11.8 Å². The number of thioether (sulfide) groups is 1. The van der Waals surface area contributed by atoms with Gasteiger partial charge in [-0.25, -0.2) is 0 Å². The van der Waals surface area contributed by atoms with E-state index in [-0.39, 0.29) is 0 Å². The standard InChI is InChI=1S/C11H20N2S/c1-3-9-5-8-14-10(12-9)13-11(4-2)6-7-11/h9H,3-8H2,1-2H3,(H,12,13). The SMILES string of the molecule is CCC1CCSC(NC2(CC)CC2)=N1. The van der Waals surface area contributed by atoms with E-state index in [0.717, 1.165) is 0 Å². The van der Waals surface area contributed by atoms with Gasteiger partial charge in [0.15, 0.2) is 5.17 Å². The van der Waals surface area contributed by atoms with Crippen molar-refractivity contribution in [2.75, 3.05) is 5.75 Å². The highest BCUT2D eigenvalue weighted by Gasteiger charge is 2.41. The number of rotatable bonds is 3. The van der Waals surface area contributed by atoms with Crippen LogP contribution in [-0.4, -0.2) is 22.5 Å². The molecule has 0 bridgehead atoms. The molecule has 1 atom stereocenters. The third-order valence-electron chi connectivity index (χ3n) is 3.36. The lowest BCUT2D eigenvalue weighted by atomic mass is 10.2. The minimum atomic E-state index is 0.432. The van der Waals surface area contributed by atoms with Crippen molar-refractivity contribution in [1.29, 1.82) is 0 Å². The lowest BCUT2D eigenvalue weighted by Crippen LogP contribution is -2.37. The van der Waals surface area contributed by atoms with Crippen LogP contribution in [0.2, 0.25) is 0 Å². The molecule has 0 spiro atoms. The molecule has 0 saturated heterocycles. The summed E-state index contributed by atoms with van der Waals surface area (Å²) in [5.41, 5.74) is 0.432. The van der Waals surface area contributed by atoms with Crippen LogP contribution >= 0.6 is 11.8 Å². The fraction of sp³-hybridized carbons (Fsp3) is 0.909. The summed E-state index contributed by atoms with van der Waals surface area (Å²) in [5, 5.41) is 4.84. The predicted molar refractivity (Wildman–Crippen MR) is 64.0 cm³/mol. The molecular formula is C11H20N2S. The van der Waals surface area contributed by atoms with Crippen LogP contribution in [0.1, 0.15) is 46.0 Å². The normalized spacial score (nSPS) is 29.6. The van der Waals surface area contributed by atoms with Crippen LogP contribution in [0.3, 0.4) is 0 Å². The molecule has 1 aliphatic heterocycles. The van der Waals surface area contributed by atoms with Crippen molar-refractivity contribution >= 4 is 16.9 Å². The van der Waals surface area contributed by atoms with Gasteiger partial charge in [-0.2, -0.15) is 0 Å². The molecule has 3 heteroatoms. The highest BCUT2D eigenvalue weighted by atomic mass is 32.2. The number of aliphatic imine (C=N–C) groups is 1. The number of hydrogen-bond acceptors (Lipinski definition) is 3. The van der Waals surface area contributed by atoms with Crippen LogP contribution in [0.15, 0.2) is 4.99 Å². The van der Waals surface area contributed by atoms with Gasteiger partial charge in [0.1, 0.15) is 0 Å². The molecule has 1 fully saturated rings. The van der Waals surface area contributed by atoms with Crippen LogP contribution in [0.4, 0.5) is 0 Å². The lowest BCUT2D eigenvalue weighted by molar-refractivity contribution is 0.570. The summed E-state index contributed by atoms with van der Waals surface area (Å²) in [6.07, 6.45) is 6.35. The molecule has 0 aromatic rings. The number of nitrogens with one attached hydrogen (secondary N) is 1. The summed E-state index contributed by atoms with van der Waals surface area (Å²) >= 11 is 1.90. The molecule has 1 heterocycles. The van der Waals surface area contributed by atoms with E-state index in [2.05, 4.69) is 19.2 Å². The quantitative estimate of drug-likeness (QED) is 0.778. The van der Waals surface area contributed by atoms with Crippen molar-refractivity contribution in [3.05, 3.63) is 0 Å². The minimum Gasteiger partial charge on any atom is -0.359 e. The van der Waals surface area contributed by atoms with Crippen LogP contribution in [0, 0.1) is 0 Å². The van der Waals surface area contributed by atoms with E-state index in [9.17, 15) is 0 Å². The first-order valence-electron chi connectivity index (χ1n) is 5.77. The first-order chi connectivity index (χ1) is 6.78. The third kappa shape index (κ3) is 2.25. The Bertz CT molecular complexity index is 233. The van der Waals surface area contributed by atoms with Gasteiger partial charge in [0.2, 0.25) is 0 Å². The second kappa shape index (κ2) is 4.13. The molecule has 1 aliphatic carbocycles. The lowest BCUT2D eigenvalue weighted by Gasteiger charge is -2.23. The van der Waals surface area contributed by atoms with E-state index in [1.54, 1.807) is 0 Å². The average Bonchev–Trinajstić information content (AvgIpc) is 2.99. The van der Waals surface area contributed by atoms with Crippen molar-refractivity contribution in [3.63, 3.8) is 0 Å². The Labute approximate surface area is 90.9 Å². The van der Waals surface area contributed by atoms with Gasteiger partial charge in [0.05, 0.1) is 6.04 Å². The largest absolute Gasteiger partial charge is 0.359 e. The molecule has 14 heavy (non-hydrogen) atoms. The van der Waals surface area contributed by atoms with Crippen LogP contribution in [0.25, 0.3) is 0 Å². The van der Waals surface area contributed by atoms with Gasteiger partial charge in [0, 0.05) is 11.3 Å². The molecule has 0 aromatic heterocycles. The maximum atomic E-state index is 4.74. The zero-order valence-electron chi connectivity index (χ0n) is 9.18. The van der Waals surface area contributed by atoms with Crippen molar-refractivity contribution in [3.8, 4) is 0 Å². The summed E-state index contributed by atoms with van der Waals surface area (Å²) in [5.74, 6) is 1.24. The zero-order chi connectivity index (χ0) is 10.0. The van der Waals surface area contributed by atoms with Gasteiger partial charge in [-0.3, -0.25) is 4.99 Å². The fourth-order valence-electron chi connectivity index (χ4n) is 1.87. The zero-order valence-corrected chi connectivity index (χ0v) is 9.99. The molecule has 2 aliphatic rings. The molecule has 0 amide bonds. The number of amidine groups is 1. The Morgan fingerprint density at radius 3 is 2.86 bits per heavy atom. The van der Waals surface area contributed by atoms with E-state index in [0.29, 0.717) is 11.6 Å². The first-order valence-corrected chi connectivity index (χ1v) is 6.75. The van der Waals surface area contributed by atoms with Gasteiger partial charge in [-0.05, 0) is 32.1 Å². The van der Waals surface area contributed by atoms with E-state index >= 15 is 0 Å². The molecule has 0 aromatic carbocycles. The Hall–Kier alpha value is -0.180. The summed E-state index contributed by atoms with van der Waals surface area (Å²) in [6.45, 7) is 4.50. The van der Waals surface area contributed by atoms with Crippen LogP contribution in [-0.2, 0) is 0 Å². The molecule has 80 valence electrons. The minimum absolute atomic E-state index is 0.432. The number of nitrogens with zero attached hydrogens (tertiary/aromatic N) is 1. The topological polar surface area (TPSA) is 24.4 Å². The second-order valence-corrected chi connectivity index (χ2v) is 5.48. The van der Waals surface area contributed by atoms with Crippen LogP contribution < -0.4 is 5.32 Å². The maximum Gasteiger partial charge on any atom is 0.157 e. The van der Waals surface area contributed by atoms with Crippen molar-refractivity contribution in [2.24, 2.45) is 4.99 Å². The maximum absolute atomic E-state index is 4.74. The van der Waals surface area contributed by atoms with E-state index in [4.69, 9.17) is 4.99 Å². The van der Waals surface area contributed by atoms with Crippen molar-refractivity contribution in [1.82, 2.24) is 5.32 Å². The Balaban J connectivity index is 1.93. The average molecular weight is 212 g/mol. The van der Waals surface area contributed by atoms with Gasteiger partial charge in [0.25, 0.3) is 0 Å². The van der Waals surface area contributed by atoms with Crippen molar-refractivity contribution in [2.45, 2.75) is 57.5 Å². The van der Waals surface area contributed by atoms with E-state index in [1.165, 1.54) is 43.0 Å².